The van der Waals surface area contributed by atoms with Gasteiger partial charge in [-0.2, -0.15) is 0 Å². The van der Waals surface area contributed by atoms with E-state index < -0.39 is 10.8 Å². The molecule has 0 aliphatic heterocycles. The van der Waals surface area contributed by atoms with Crippen molar-refractivity contribution in [2.45, 2.75) is 0 Å². The molecule has 2 aromatic carbocycles. The minimum Gasteiger partial charge on any atom is -0.490 e. The normalized spacial score (nSPS) is 10.2. The summed E-state index contributed by atoms with van der Waals surface area (Å²) in [4.78, 5) is 27.8. The lowest BCUT2D eigenvalue weighted by atomic mass is 10.1. The Bertz CT molecular complexity index is 958. The second kappa shape index (κ2) is 7.43. The smallest absolute Gasteiger partial charge is 0.323 e. The van der Waals surface area contributed by atoms with Crippen LogP contribution < -0.4 is 10.1 Å². The van der Waals surface area contributed by atoms with E-state index in [4.69, 9.17) is 4.74 Å². The lowest BCUT2D eigenvalue weighted by molar-refractivity contribution is -0.386. The number of carbonyl (C=O) groups is 1. The molecule has 0 aliphatic carbocycles. The van der Waals surface area contributed by atoms with Gasteiger partial charge in [-0.1, -0.05) is 36.4 Å². The highest BCUT2D eigenvalue weighted by atomic mass is 16.6. The maximum Gasteiger partial charge on any atom is 0.323 e. The summed E-state index contributed by atoms with van der Waals surface area (Å²) in [7, 11) is 1.32. The summed E-state index contributed by atoms with van der Waals surface area (Å²) >= 11 is 0. The summed E-state index contributed by atoms with van der Waals surface area (Å²) in [6.45, 7) is 0. The van der Waals surface area contributed by atoms with E-state index in [2.05, 4.69) is 10.3 Å². The number of aromatic nitrogens is 1. The molecule has 1 N–H and O–H groups in total. The Hall–Kier alpha value is -3.74. The van der Waals surface area contributed by atoms with Gasteiger partial charge < -0.3 is 10.1 Å². The first-order valence-electron chi connectivity index (χ1n) is 7.75. The molecule has 1 aromatic heterocycles. The average Bonchev–Trinajstić information content (AvgIpc) is 2.68. The maximum atomic E-state index is 12.7. The first kappa shape index (κ1) is 17.1. The Kier molecular flexibility index (Phi) is 4.89. The van der Waals surface area contributed by atoms with Crippen molar-refractivity contribution < 1.29 is 14.5 Å². The van der Waals surface area contributed by atoms with Gasteiger partial charge in [-0.25, -0.2) is 0 Å². The van der Waals surface area contributed by atoms with Crippen LogP contribution in [-0.4, -0.2) is 22.9 Å². The van der Waals surface area contributed by atoms with E-state index in [0.717, 1.165) is 5.56 Å². The molecule has 1 heterocycles. The zero-order valence-electron chi connectivity index (χ0n) is 13.9. The van der Waals surface area contributed by atoms with E-state index >= 15 is 0 Å². The number of nitrogens with one attached hydrogen (secondary N) is 1. The van der Waals surface area contributed by atoms with Crippen LogP contribution in [-0.2, 0) is 0 Å². The van der Waals surface area contributed by atoms with Crippen molar-refractivity contribution in [2.75, 3.05) is 12.4 Å². The molecular weight excluding hydrogens is 334 g/mol. The zero-order valence-corrected chi connectivity index (χ0v) is 13.9. The average molecular weight is 349 g/mol. The van der Waals surface area contributed by atoms with Crippen LogP contribution in [0.4, 0.5) is 11.4 Å². The molecular formula is C19H15N3O4. The third-order valence-electron chi connectivity index (χ3n) is 3.75. The maximum absolute atomic E-state index is 12.7. The van der Waals surface area contributed by atoms with Crippen LogP contribution in [0.15, 0.2) is 66.9 Å². The Morgan fingerprint density at radius 2 is 1.85 bits per heavy atom. The quantitative estimate of drug-likeness (QED) is 0.556. The number of hydrogen-bond acceptors (Lipinski definition) is 5. The second-order valence-corrected chi connectivity index (χ2v) is 5.33. The third kappa shape index (κ3) is 3.36. The van der Waals surface area contributed by atoms with Crippen molar-refractivity contribution in [3.8, 4) is 17.0 Å². The molecule has 7 heteroatoms. The lowest BCUT2D eigenvalue weighted by Crippen LogP contribution is -2.15. The Morgan fingerprint density at radius 3 is 2.54 bits per heavy atom. The molecule has 0 fully saturated rings. The number of rotatable bonds is 5. The standard InChI is InChI=1S/C19H15N3O4/c1-26-16-11-5-9-14(18(16)22(24)25)19(23)21-15-10-6-12-20-17(15)13-7-3-2-4-8-13/h2-12H,1H3,(H,21,23). The van der Waals surface area contributed by atoms with E-state index in [1.165, 1.54) is 25.3 Å². The summed E-state index contributed by atoms with van der Waals surface area (Å²) in [6.07, 6.45) is 1.62. The molecule has 0 aliphatic rings. The summed E-state index contributed by atoms with van der Waals surface area (Å²) < 4.78 is 5.01. The number of pyridine rings is 1. The summed E-state index contributed by atoms with van der Waals surface area (Å²) in [6, 6.07) is 17.1. The van der Waals surface area contributed by atoms with E-state index in [1.807, 2.05) is 30.3 Å². The Morgan fingerprint density at radius 1 is 1.08 bits per heavy atom. The zero-order chi connectivity index (χ0) is 18.5. The van der Waals surface area contributed by atoms with Crippen LogP contribution in [0.1, 0.15) is 10.4 Å². The summed E-state index contributed by atoms with van der Waals surface area (Å²) in [5.41, 5.74) is 1.39. The van der Waals surface area contributed by atoms with Crippen LogP contribution in [0, 0.1) is 10.1 Å². The second-order valence-electron chi connectivity index (χ2n) is 5.33. The fourth-order valence-corrected chi connectivity index (χ4v) is 2.58. The highest BCUT2D eigenvalue weighted by Crippen LogP contribution is 2.32. The van der Waals surface area contributed by atoms with Crippen LogP contribution in [0.5, 0.6) is 5.75 Å². The van der Waals surface area contributed by atoms with Gasteiger partial charge in [-0.3, -0.25) is 19.9 Å². The molecule has 0 saturated carbocycles. The van der Waals surface area contributed by atoms with Crippen molar-refractivity contribution in [1.29, 1.82) is 0 Å². The monoisotopic (exact) mass is 349 g/mol. The minimum absolute atomic E-state index is 0.0251. The SMILES string of the molecule is COc1cccc(C(=O)Nc2cccnc2-c2ccccc2)c1[N+](=O)[O-]. The third-order valence-corrected chi connectivity index (χ3v) is 3.75. The number of nitro benzene ring substituents is 1. The van der Waals surface area contributed by atoms with Crippen molar-refractivity contribution >= 4 is 17.3 Å². The molecule has 0 unspecified atom stereocenters. The first-order chi connectivity index (χ1) is 12.6. The molecule has 1 amide bonds. The number of carbonyl (C=O) groups excluding carboxylic acids is 1. The molecule has 0 atom stereocenters. The molecule has 0 saturated heterocycles. The van der Waals surface area contributed by atoms with Gasteiger partial charge in [0.1, 0.15) is 5.56 Å². The fraction of sp³-hybridized carbons (Fsp3) is 0.0526. The molecule has 0 spiro atoms. The number of benzene rings is 2. The largest absolute Gasteiger partial charge is 0.490 e. The molecule has 0 radical (unpaired) electrons. The van der Waals surface area contributed by atoms with Gasteiger partial charge in [-0.15, -0.1) is 0 Å². The van der Waals surface area contributed by atoms with Gasteiger partial charge >= 0.3 is 5.69 Å². The highest BCUT2D eigenvalue weighted by Gasteiger charge is 2.25. The number of para-hydroxylation sites is 1. The van der Waals surface area contributed by atoms with Crippen molar-refractivity contribution in [1.82, 2.24) is 4.98 Å². The van der Waals surface area contributed by atoms with Gasteiger partial charge in [-0.05, 0) is 24.3 Å². The van der Waals surface area contributed by atoms with E-state index in [-0.39, 0.29) is 17.0 Å². The van der Waals surface area contributed by atoms with Crippen molar-refractivity contribution in [3.63, 3.8) is 0 Å². The number of anilines is 1. The van der Waals surface area contributed by atoms with E-state index in [1.54, 1.807) is 18.3 Å². The molecule has 130 valence electrons. The molecule has 0 bridgehead atoms. The van der Waals surface area contributed by atoms with Gasteiger partial charge in [0.15, 0.2) is 5.75 Å². The highest BCUT2D eigenvalue weighted by molar-refractivity contribution is 6.09. The molecule has 26 heavy (non-hydrogen) atoms. The number of ether oxygens (including phenoxy) is 1. The van der Waals surface area contributed by atoms with Gasteiger partial charge in [0.2, 0.25) is 0 Å². The van der Waals surface area contributed by atoms with E-state index in [9.17, 15) is 14.9 Å². The van der Waals surface area contributed by atoms with Crippen LogP contribution in [0.3, 0.4) is 0 Å². The number of hydrogen-bond donors (Lipinski definition) is 1. The molecule has 7 nitrogen and oxygen atoms in total. The Balaban J connectivity index is 1.99. The summed E-state index contributed by atoms with van der Waals surface area (Å²) in [5.74, 6) is -0.585. The van der Waals surface area contributed by atoms with Crippen molar-refractivity contribution in [3.05, 3.63) is 82.5 Å². The number of nitrogens with zero attached hydrogens (tertiary/aromatic N) is 2. The predicted octanol–water partition coefficient (Wildman–Crippen LogP) is 3.92. The van der Waals surface area contributed by atoms with Crippen LogP contribution in [0.2, 0.25) is 0 Å². The molecule has 3 rings (SSSR count). The minimum atomic E-state index is -0.630. The van der Waals surface area contributed by atoms with E-state index in [0.29, 0.717) is 11.4 Å². The van der Waals surface area contributed by atoms with Crippen LogP contribution in [0.25, 0.3) is 11.3 Å². The molecule has 3 aromatic rings. The fourth-order valence-electron chi connectivity index (χ4n) is 2.58. The van der Waals surface area contributed by atoms with Gasteiger partial charge in [0.05, 0.1) is 23.4 Å². The number of methoxy groups -OCH3 is 1. The van der Waals surface area contributed by atoms with Crippen molar-refractivity contribution in [2.24, 2.45) is 0 Å². The predicted molar refractivity (Wildman–Crippen MR) is 97.3 cm³/mol. The van der Waals surface area contributed by atoms with Gasteiger partial charge in [0.25, 0.3) is 5.91 Å². The topological polar surface area (TPSA) is 94.4 Å². The van der Waals surface area contributed by atoms with Crippen LogP contribution >= 0.6 is 0 Å². The first-order valence-corrected chi connectivity index (χ1v) is 7.75. The number of amides is 1. The van der Waals surface area contributed by atoms with Gasteiger partial charge in [0, 0.05) is 11.8 Å². The number of nitro groups is 1. The summed E-state index contributed by atoms with van der Waals surface area (Å²) in [5, 5.41) is 14.1. The lowest BCUT2D eigenvalue weighted by Gasteiger charge is -2.11. The Labute approximate surface area is 149 Å².